The van der Waals surface area contributed by atoms with Crippen LogP contribution in [0.4, 0.5) is 4.39 Å². The van der Waals surface area contributed by atoms with Crippen molar-refractivity contribution in [3.63, 3.8) is 0 Å². The molecule has 0 radical (unpaired) electrons. The molecule has 0 amide bonds. The van der Waals surface area contributed by atoms with E-state index in [-0.39, 0.29) is 12.1 Å². The lowest BCUT2D eigenvalue weighted by Gasteiger charge is -2.04. The van der Waals surface area contributed by atoms with E-state index in [0.717, 1.165) is 6.07 Å². The van der Waals surface area contributed by atoms with Crippen LogP contribution in [-0.4, -0.2) is 29.6 Å². The maximum Gasteiger partial charge on any atom is 0.180 e. The molecule has 0 bridgehead atoms. The number of benzene rings is 1. The molecule has 0 heterocycles. The zero-order valence-corrected chi connectivity index (χ0v) is 7.54. The van der Waals surface area contributed by atoms with E-state index in [1.165, 1.54) is 0 Å². The molecule has 5 heteroatoms. The van der Waals surface area contributed by atoms with Crippen molar-refractivity contribution in [3.05, 3.63) is 23.5 Å². The van der Waals surface area contributed by atoms with E-state index in [1.807, 2.05) is 0 Å². The van der Waals surface area contributed by atoms with Gasteiger partial charge in [0, 0.05) is 6.07 Å². The standard InChI is InChI=1S/C9H10FNO3/c1-11-4-9(14)5-2-8(13)6(10)3-7(5)12/h2-3,11-13H,4H2,1H3. The van der Waals surface area contributed by atoms with Crippen LogP contribution in [0.1, 0.15) is 10.4 Å². The lowest BCUT2D eigenvalue weighted by atomic mass is 10.1. The molecular weight excluding hydrogens is 189 g/mol. The minimum atomic E-state index is -0.955. The fraction of sp³-hybridized carbons (Fsp3) is 0.222. The first-order chi connectivity index (χ1) is 6.56. The maximum atomic E-state index is 12.7. The molecule has 0 aliphatic carbocycles. The van der Waals surface area contributed by atoms with Gasteiger partial charge in [0.1, 0.15) is 5.75 Å². The highest BCUT2D eigenvalue weighted by atomic mass is 19.1. The summed E-state index contributed by atoms with van der Waals surface area (Å²) in [6.07, 6.45) is 0. The van der Waals surface area contributed by atoms with Crippen molar-refractivity contribution in [2.75, 3.05) is 13.6 Å². The molecule has 0 spiro atoms. The highest BCUT2D eigenvalue weighted by Gasteiger charge is 2.14. The number of phenolic OH excluding ortho intramolecular Hbond substituents is 2. The molecule has 0 aliphatic heterocycles. The Labute approximate surface area is 80.0 Å². The summed E-state index contributed by atoms with van der Waals surface area (Å²) >= 11 is 0. The highest BCUT2D eigenvalue weighted by Crippen LogP contribution is 2.25. The topological polar surface area (TPSA) is 69.6 Å². The lowest BCUT2D eigenvalue weighted by Crippen LogP contribution is -2.18. The largest absolute Gasteiger partial charge is 0.507 e. The number of nitrogens with one attached hydrogen (secondary N) is 1. The second-order valence-corrected chi connectivity index (χ2v) is 2.77. The molecule has 3 N–H and O–H groups in total. The molecule has 0 fully saturated rings. The Morgan fingerprint density at radius 3 is 2.64 bits per heavy atom. The summed E-state index contributed by atoms with van der Waals surface area (Å²) in [7, 11) is 1.57. The van der Waals surface area contributed by atoms with Gasteiger partial charge < -0.3 is 15.5 Å². The third-order valence-corrected chi connectivity index (χ3v) is 1.70. The summed E-state index contributed by atoms with van der Waals surface area (Å²) in [5, 5.41) is 20.8. The molecule has 1 rings (SSSR count). The summed E-state index contributed by atoms with van der Waals surface area (Å²) in [5.41, 5.74) is -0.0988. The molecule has 76 valence electrons. The normalized spacial score (nSPS) is 10.1. The van der Waals surface area contributed by atoms with Crippen LogP contribution in [-0.2, 0) is 0 Å². The van der Waals surface area contributed by atoms with Crippen LogP contribution in [0, 0.1) is 5.82 Å². The Hall–Kier alpha value is -1.62. The Kier molecular flexibility index (Phi) is 3.03. The summed E-state index contributed by atoms with van der Waals surface area (Å²) in [4.78, 5) is 11.3. The zero-order chi connectivity index (χ0) is 10.7. The second kappa shape index (κ2) is 4.06. The molecule has 0 unspecified atom stereocenters. The predicted octanol–water partition coefficient (Wildman–Crippen LogP) is 0.639. The van der Waals surface area contributed by atoms with Gasteiger partial charge in [-0.05, 0) is 13.1 Å². The molecule has 1 aromatic carbocycles. The Morgan fingerprint density at radius 2 is 2.07 bits per heavy atom. The minimum absolute atomic E-state index is 0.0125. The predicted molar refractivity (Wildman–Crippen MR) is 48.0 cm³/mol. The Balaban J connectivity index is 3.09. The smallest absolute Gasteiger partial charge is 0.180 e. The van der Waals surface area contributed by atoms with E-state index in [4.69, 9.17) is 5.11 Å². The average Bonchev–Trinajstić information content (AvgIpc) is 2.11. The number of carbonyl (C=O) groups is 1. The SMILES string of the molecule is CNCC(=O)c1cc(O)c(F)cc1O. The van der Waals surface area contributed by atoms with Gasteiger partial charge >= 0.3 is 0 Å². The number of carbonyl (C=O) groups excluding carboxylic acids is 1. The molecule has 14 heavy (non-hydrogen) atoms. The van der Waals surface area contributed by atoms with Gasteiger partial charge in [-0.25, -0.2) is 4.39 Å². The number of hydrogen-bond acceptors (Lipinski definition) is 4. The number of hydrogen-bond donors (Lipinski definition) is 3. The maximum absolute atomic E-state index is 12.7. The van der Waals surface area contributed by atoms with E-state index in [9.17, 15) is 14.3 Å². The van der Waals surface area contributed by atoms with Crippen LogP contribution in [0.5, 0.6) is 11.5 Å². The first kappa shape index (κ1) is 10.5. The van der Waals surface area contributed by atoms with Crippen molar-refractivity contribution in [1.82, 2.24) is 5.32 Å². The van der Waals surface area contributed by atoms with E-state index < -0.39 is 23.1 Å². The van der Waals surface area contributed by atoms with Gasteiger partial charge in [-0.3, -0.25) is 4.79 Å². The zero-order valence-electron chi connectivity index (χ0n) is 7.54. The molecule has 0 atom stereocenters. The average molecular weight is 199 g/mol. The Morgan fingerprint density at radius 1 is 1.43 bits per heavy atom. The molecule has 0 aliphatic rings. The first-order valence-corrected chi connectivity index (χ1v) is 3.95. The highest BCUT2D eigenvalue weighted by molar-refractivity contribution is 6.00. The fourth-order valence-corrected chi connectivity index (χ4v) is 1.03. The third kappa shape index (κ3) is 2.00. The number of rotatable bonds is 3. The van der Waals surface area contributed by atoms with E-state index in [2.05, 4.69) is 5.32 Å². The first-order valence-electron chi connectivity index (χ1n) is 3.95. The minimum Gasteiger partial charge on any atom is -0.507 e. The van der Waals surface area contributed by atoms with Crippen LogP contribution in [0.3, 0.4) is 0 Å². The third-order valence-electron chi connectivity index (χ3n) is 1.70. The fourth-order valence-electron chi connectivity index (χ4n) is 1.03. The van der Waals surface area contributed by atoms with Gasteiger partial charge in [0.05, 0.1) is 12.1 Å². The molecule has 0 aromatic heterocycles. The summed E-state index contributed by atoms with van der Waals surface area (Å²) in [6.45, 7) is 0.0125. The van der Waals surface area contributed by atoms with Gasteiger partial charge in [0.2, 0.25) is 0 Å². The number of aromatic hydroxyl groups is 2. The molecule has 0 saturated carbocycles. The molecule has 4 nitrogen and oxygen atoms in total. The van der Waals surface area contributed by atoms with Gasteiger partial charge in [0.15, 0.2) is 17.3 Å². The second-order valence-electron chi connectivity index (χ2n) is 2.77. The summed E-state index contributed by atoms with van der Waals surface area (Å²) in [5.74, 6) is -2.49. The number of likely N-dealkylation sites (N-methyl/N-ethyl adjacent to an activating group) is 1. The van der Waals surface area contributed by atoms with Gasteiger partial charge in [-0.1, -0.05) is 0 Å². The number of ketones is 1. The Bertz CT molecular complexity index is 365. The van der Waals surface area contributed by atoms with Crippen molar-refractivity contribution in [3.8, 4) is 11.5 Å². The van der Waals surface area contributed by atoms with Crippen LogP contribution in [0.2, 0.25) is 0 Å². The monoisotopic (exact) mass is 199 g/mol. The molecular formula is C9H10FNO3. The van der Waals surface area contributed by atoms with Gasteiger partial charge in [-0.2, -0.15) is 0 Å². The van der Waals surface area contributed by atoms with Crippen molar-refractivity contribution in [2.24, 2.45) is 0 Å². The number of Topliss-reactive ketones (excluding diaryl/α,β-unsaturated/α-hetero) is 1. The van der Waals surface area contributed by atoms with E-state index in [1.54, 1.807) is 7.05 Å². The number of phenols is 2. The van der Waals surface area contributed by atoms with Gasteiger partial charge in [0.25, 0.3) is 0 Å². The molecule has 0 saturated heterocycles. The van der Waals surface area contributed by atoms with Crippen LogP contribution < -0.4 is 5.32 Å². The number of halogens is 1. The van der Waals surface area contributed by atoms with E-state index >= 15 is 0 Å². The van der Waals surface area contributed by atoms with Crippen molar-refractivity contribution >= 4 is 5.78 Å². The quantitative estimate of drug-likeness (QED) is 0.493. The van der Waals surface area contributed by atoms with Crippen LogP contribution >= 0.6 is 0 Å². The van der Waals surface area contributed by atoms with Crippen LogP contribution in [0.15, 0.2) is 12.1 Å². The summed E-state index contributed by atoms with van der Waals surface area (Å²) < 4.78 is 12.7. The van der Waals surface area contributed by atoms with Crippen molar-refractivity contribution < 1.29 is 19.4 Å². The van der Waals surface area contributed by atoms with Crippen molar-refractivity contribution in [1.29, 1.82) is 0 Å². The van der Waals surface area contributed by atoms with Crippen LogP contribution in [0.25, 0.3) is 0 Å². The summed E-state index contributed by atoms with van der Waals surface area (Å²) in [6, 6.07) is 1.61. The van der Waals surface area contributed by atoms with Crippen molar-refractivity contribution in [2.45, 2.75) is 0 Å². The van der Waals surface area contributed by atoms with E-state index in [0.29, 0.717) is 6.07 Å². The van der Waals surface area contributed by atoms with Gasteiger partial charge in [-0.15, -0.1) is 0 Å². The lowest BCUT2D eigenvalue weighted by molar-refractivity contribution is 0.0990. The molecule has 1 aromatic rings.